The molecule has 5 heteroatoms. The minimum Gasteiger partial charge on any atom is -0.453 e. The molecule has 0 bridgehead atoms. The lowest BCUT2D eigenvalue weighted by atomic mass is 10.2. The second-order valence-electron chi connectivity index (χ2n) is 3.48. The van der Waals surface area contributed by atoms with E-state index in [2.05, 4.69) is 31.9 Å². The molecule has 2 nitrogen and oxygen atoms in total. The van der Waals surface area contributed by atoms with E-state index in [4.69, 9.17) is 4.74 Å². The van der Waals surface area contributed by atoms with Gasteiger partial charge in [-0.05, 0) is 52.3 Å². The van der Waals surface area contributed by atoms with Crippen LogP contribution in [0.25, 0.3) is 0 Å². The van der Waals surface area contributed by atoms with E-state index >= 15 is 0 Å². The van der Waals surface area contributed by atoms with E-state index in [0.717, 1.165) is 10.8 Å². The molecular weight excluding hydrogens is 367 g/mol. The van der Waals surface area contributed by atoms with Crippen LogP contribution in [0.15, 0.2) is 45.3 Å². The summed E-state index contributed by atoms with van der Waals surface area (Å²) in [5, 5.41) is 0. The Balaban J connectivity index is 2.34. The molecule has 2 aromatic carbocycles. The van der Waals surface area contributed by atoms with Crippen molar-refractivity contribution >= 4 is 38.1 Å². The molecule has 18 heavy (non-hydrogen) atoms. The molecule has 0 atom stereocenters. The van der Waals surface area contributed by atoms with Crippen LogP contribution in [0.5, 0.6) is 11.5 Å². The van der Waals surface area contributed by atoms with E-state index < -0.39 is 5.82 Å². The molecule has 2 aromatic rings. The van der Waals surface area contributed by atoms with Gasteiger partial charge in [-0.25, -0.2) is 4.39 Å². The van der Waals surface area contributed by atoms with Gasteiger partial charge in [0, 0.05) is 10.0 Å². The number of rotatable bonds is 3. The first-order chi connectivity index (χ1) is 8.60. The fourth-order valence-electron chi connectivity index (χ4n) is 1.35. The van der Waals surface area contributed by atoms with Gasteiger partial charge < -0.3 is 4.74 Å². The standard InChI is InChI=1S/C13H7Br2FO2/c14-9-2-3-11(16)13(6-9)18-12-4-1-8(7-17)5-10(12)15/h1-7H. The molecule has 0 radical (unpaired) electrons. The molecule has 0 heterocycles. The van der Waals surface area contributed by atoms with Crippen molar-refractivity contribution in [3.8, 4) is 11.5 Å². The van der Waals surface area contributed by atoms with E-state index in [1.807, 2.05) is 0 Å². The Labute approximate surface area is 120 Å². The smallest absolute Gasteiger partial charge is 0.165 e. The van der Waals surface area contributed by atoms with Crippen LogP contribution in [0.1, 0.15) is 10.4 Å². The van der Waals surface area contributed by atoms with Gasteiger partial charge in [0.05, 0.1) is 4.47 Å². The first-order valence-corrected chi connectivity index (χ1v) is 6.56. The Hall–Kier alpha value is -1.20. The molecule has 0 spiro atoms. The molecular formula is C13H7Br2FO2. The van der Waals surface area contributed by atoms with Crippen molar-refractivity contribution in [3.63, 3.8) is 0 Å². The maximum Gasteiger partial charge on any atom is 0.165 e. The lowest BCUT2D eigenvalue weighted by Crippen LogP contribution is -1.90. The highest BCUT2D eigenvalue weighted by Gasteiger charge is 2.08. The lowest BCUT2D eigenvalue weighted by molar-refractivity contribution is 0.112. The van der Waals surface area contributed by atoms with Crippen LogP contribution in [0.4, 0.5) is 4.39 Å². The molecule has 0 aliphatic heterocycles. The SMILES string of the molecule is O=Cc1ccc(Oc2cc(Br)ccc2F)c(Br)c1. The fourth-order valence-corrected chi connectivity index (χ4v) is 2.16. The molecule has 92 valence electrons. The van der Waals surface area contributed by atoms with Crippen molar-refractivity contribution in [1.29, 1.82) is 0 Å². The zero-order valence-corrected chi connectivity index (χ0v) is 12.2. The number of ether oxygens (including phenoxy) is 1. The summed E-state index contributed by atoms with van der Waals surface area (Å²) in [6.45, 7) is 0. The average Bonchev–Trinajstić information content (AvgIpc) is 2.36. The molecule has 0 fully saturated rings. The number of carbonyl (C=O) groups is 1. The molecule has 0 saturated carbocycles. The highest BCUT2D eigenvalue weighted by atomic mass is 79.9. The third kappa shape index (κ3) is 2.97. The van der Waals surface area contributed by atoms with Gasteiger partial charge in [0.25, 0.3) is 0 Å². The van der Waals surface area contributed by atoms with E-state index in [9.17, 15) is 9.18 Å². The zero-order valence-electron chi connectivity index (χ0n) is 8.99. The van der Waals surface area contributed by atoms with Crippen molar-refractivity contribution in [2.75, 3.05) is 0 Å². The predicted molar refractivity (Wildman–Crippen MR) is 73.7 cm³/mol. The van der Waals surface area contributed by atoms with Gasteiger partial charge in [0.15, 0.2) is 11.6 Å². The van der Waals surface area contributed by atoms with Crippen LogP contribution >= 0.6 is 31.9 Å². The summed E-state index contributed by atoms with van der Waals surface area (Å²) in [6, 6.07) is 9.25. The van der Waals surface area contributed by atoms with Gasteiger partial charge in [-0.15, -0.1) is 0 Å². The Morgan fingerprint density at radius 3 is 2.50 bits per heavy atom. The molecule has 0 amide bonds. The lowest BCUT2D eigenvalue weighted by Gasteiger charge is -2.09. The summed E-state index contributed by atoms with van der Waals surface area (Å²) in [5.41, 5.74) is 0.518. The van der Waals surface area contributed by atoms with Crippen LogP contribution in [0, 0.1) is 5.82 Å². The monoisotopic (exact) mass is 372 g/mol. The summed E-state index contributed by atoms with van der Waals surface area (Å²) < 4.78 is 20.3. The zero-order chi connectivity index (χ0) is 13.1. The second-order valence-corrected chi connectivity index (χ2v) is 5.25. The minimum atomic E-state index is -0.454. The first kappa shape index (κ1) is 13.2. The first-order valence-electron chi connectivity index (χ1n) is 4.98. The molecule has 2 rings (SSSR count). The van der Waals surface area contributed by atoms with Gasteiger partial charge in [0.2, 0.25) is 0 Å². The largest absolute Gasteiger partial charge is 0.453 e. The summed E-state index contributed by atoms with van der Waals surface area (Å²) in [7, 11) is 0. The van der Waals surface area contributed by atoms with Crippen LogP contribution in [-0.2, 0) is 0 Å². The Morgan fingerprint density at radius 2 is 1.83 bits per heavy atom. The van der Waals surface area contributed by atoms with Gasteiger partial charge in [-0.1, -0.05) is 15.9 Å². The number of aldehydes is 1. The second kappa shape index (κ2) is 5.63. The number of halogens is 3. The van der Waals surface area contributed by atoms with Gasteiger partial charge in [-0.3, -0.25) is 4.79 Å². The number of benzene rings is 2. The van der Waals surface area contributed by atoms with Crippen LogP contribution in [0.2, 0.25) is 0 Å². The summed E-state index contributed by atoms with van der Waals surface area (Å²) in [5.74, 6) is 0.103. The fraction of sp³-hybridized carbons (Fsp3) is 0. The van der Waals surface area contributed by atoms with E-state index in [1.54, 1.807) is 24.3 Å². The van der Waals surface area contributed by atoms with Crippen molar-refractivity contribution in [1.82, 2.24) is 0 Å². The van der Waals surface area contributed by atoms with Crippen molar-refractivity contribution in [2.24, 2.45) is 0 Å². The third-order valence-corrected chi connectivity index (χ3v) is 3.32. The van der Waals surface area contributed by atoms with Crippen molar-refractivity contribution < 1.29 is 13.9 Å². The highest BCUT2D eigenvalue weighted by Crippen LogP contribution is 2.32. The van der Waals surface area contributed by atoms with Crippen LogP contribution < -0.4 is 4.74 Å². The van der Waals surface area contributed by atoms with Gasteiger partial charge in [0.1, 0.15) is 12.0 Å². The molecule has 0 aliphatic carbocycles. The number of hydrogen-bond acceptors (Lipinski definition) is 2. The molecule has 0 aromatic heterocycles. The van der Waals surface area contributed by atoms with Crippen LogP contribution in [-0.4, -0.2) is 6.29 Å². The summed E-state index contributed by atoms with van der Waals surface area (Å²) in [6.07, 6.45) is 0.730. The summed E-state index contributed by atoms with van der Waals surface area (Å²) in [4.78, 5) is 10.6. The molecule has 0 N–H and O–H groups in total. The maximum atomic E-state index is 13.5. The quantitative estimate of drug-likeness (QED) is 0.711. The Kier molecular flexibility index (Phi) is 4.14. The molecule has 0 unspecified atom stereocenters. The molecule has 0 saturated heterocycles. The summed E-state index contributed by atoms with van der Waals surface area (Å²) >= 11 is 6.52. The predicted octanol–water partition coefficient (Wildman–Crippen LogP) is 4.96. The minimum absolute atomic E-state index is 0.115. The maximum absolute atomic E-state index is 13.5. The van der Waals surface area contributed by atoms with E-state index in [0.29, 0.717) is 15.8 Å². The van der Waals surface area contributed by atoms with E-state index in [1.165, 1.54) is 12.1 Å². The number of hydrogen-bond donors (Lipinski definition) is 0. The number of carbonyl (C=O) groups excluding carboxylic acids is 1. The van der Waals surface area contributed by atoms with Crippen LogP contribution in [0.3, 0.4) is 0 Å². The van der Waals surface area contributed by atoms with Gasteiger partial charge >= 0.3 is 0 Å². The normalized spacial score (nSPS) is 10.2. The van der Waals surface area contributed by atoms with E-state index in [-0.39, 0.29) is 5.75 Å². The Bertz CT molecular complexity index is 600. The van der Waals surface area contributed by atoms with Crippen molar-refractivity contribution in [2.45, 2.75) is 0 Å². The average molecular weight is 374 g/mol. The highest BCUT2D eigenvalue weighted by molar-refractivity contribution is 9.10. The molecule has 0 aliphatic rings. The third-order valence-electron chi connectivity index (χ3n) is 2.21. The topological polar surface area (TPSA) is 26.3 Å². The Morgan fingerprint density at radius 1 is 1.06 bits per heavy atom. The van der Waals surface area contributed by atoms with Crippen molar-refractivity contribution in [3.05, 3.63) is 56.7 Å². The van der Waals surface area contributed by atoms with Gasteiger partial charge in [-0.2, -0.15) is 0 Å².